The lowest BCUT2D eigenvalue weighted by Gasteiger charge is -2.16. The van der Waals surface area contributed by atoms with E-state index in [0.717, 1.165) is 39.5 Å². The van der Waals surface area contributed by atoms with Gasteiger partial charge in [-0.3, -0.25) is 4.98 Å². The van der Waals surface area contributed by atoms with Crippen LogP contribution in [0.1, 0.15) is 27.3 Å². The third-order valence-electron chi connectivity index (χ3n) is 4.40. The van der Waals surface area contributed by atoms with Gasteiger partial charge in [0.1, 0.15) is 10.8 Å². The molecule has 27 heavy (non-hydrogen) atoms. The van der Waals surface area contributed by atoms with Crippen molar-refractivity contribution >= 4 is 33.6 Å². The average molecular weight is 396 g/mol. The van der Waals surface area contributed by atoms with Crippen molar-refractivity contribution in [1.82, 2.24) is 15.3 Å². The van der Waals surface area contributed by atoms with Crippen molar-refractivity contribution in [2.75, 3.05) is 7.11 Å². The Balaban J connectivity index is 1.52. The largest absolute Gasteiger partial charge is 0.497 e. The Bertz CT molecular complexity index is 1030. The fraction of sp³-hybridized carbons (Fsp3) is 0.238. The molecular weight excluding hydrogens is 374 g/mol. The van der Waals surface area contributed by atoms with Crippen molar-refractivity contribution in [2.45, 2.75) is 25.9 Å². The van der Waals surface area contributed by atoms with E-state index in [-0.39, 0.29) is 6.04 Å². The van der Waals surface area contributed by atoms with E-state index in [1.165, 1.54) is 4.88 Å². The molecule has 0 aliphatic rings. The van der Waals surface area contributed by atoms with Crippen LogP contribution >= 0.6 is 22.7 Å². The molecule has 0 aliphatic heterocycles. The molecule has 0 aliphatic carbocycles. The van der Waals surface area contributed by atoms with Gasteiger partial charge in [0.05, 0.1) is 24.4 Å². The average Bonchev–Trinajstić information content (AvgIpc) is 3.36. The van der Waals surface area contributed by atoms with E-state index in [1.54, 1.807) is 29.8 Å². The molecule has 138 valence electrons. The van der Waals surface area contributed by atoms with Crippen LogP contribution in [0.2, 0.25) is 0 Å². The molecule has 3 aromatic heterocycles. The Hall–Kier alpha value is -2.28. The zero-order valence-corrected chi connectivity index (χ0v) is 16.9. The summed E-state index contributed by atoms with van der Waals surface area (Å²) < 4.78 is 5.29. The minimum absolute atomic E-state index is 0.190. The Kier molecular flexibility index (Phi) is 5.48. The molecule has 3 heterocycles. The topological polar surface area (TPSA) is 47.0 Å². The molecule has 6 heteroatoms. The summed E-state index contributed by atoms with van der Waals surface area (Å²) in [5, 5.41) is 10.1. The molecule has 0 radical (unpaired) electrons. The second-order valence-corrected chi connectivity index (χ2v) is 8.33. The molecule has 0 fully saturated rings. The highest BCUT2D eigenvalue weighted by molar-refractivity contribution is 7.10. The number of nitrogens with zero attached hydrogens (tertiary/aromatic N) is 2. The number of rotatable bonds is 7. The van der Waals surface area contributed by atoms with E-state index in [4.69, 9.17) is 14.7 Å². The van der Waals surface area contributed by atoms with Gasteiger partial charge in [0.25, 0.3) is 0 Å². The van der Waals surface area contributed by atoms with Crippen molar-refractivity contribution in [3.8, 4) is 5.75 Å². The summed E-state index contributed by atoms with van der Waals surface area (Å²) >= 11 is 3.51. The van der Waals surface area contributed by atoms with Gasteiger partial charge in [-0.2, -0.15) is 0 Å². The maximum absolute atomic E-state index is 5.29. The van der Waals surface area contributed by atoms with Crippen molar-refractivity contribution in [1.29, 1.82) is 0 Å². The lowest BCUT2D eigenvalue weighted by atomic mass is 10.1. The molecule has 0 saturated carbocycles. The minimum atomic E-state index is 0.190. The highest BCUT2D eigenvalue weighted by Gasteiger charge is 2.16. The second kappa shape index (κ2) is 8.17. The van der Waals surface area contributed by atoms with E-state index in [9.17, 15) is 0 Å². The SMILES string of the molecule is COc1ccc2nc(CN[C@H](Cc3cccs3)c3nc(C)cs3)ccc2c1. The lowest BCUT2D eigenvalue weighted by molar-refractivity contribution is 0.415. The molecule has 0 unspecified atom stereocenters. The van der Waals surface area contributed by atoms with E-state index in [2.05, 4.69) is 40.3 Å². The number of hydrogen-bond acceptors (Lipinski definition) is 6. The molecule has 4 nitrogen and oxygen atoms in total. The van der Waals surface area contributed by atoms with Gasteiger partial charge in [-0.15, -0.1) is 22.7 Å². The number of nitrogens with one attached hydrogen (secondary N) is 1. The van der Waals surface area contributed by atoms with Crippen molar-refractivity contribution in [3.05, 3.63) is 74.5 Å². The van der Waals surface area contributed by atoms with Crippen molar-refractivity contribution in [2.24, 2.45) is 0 Å². The highest BCUT2D eigenvalue weighted by atomic mass is 32.1. The summed E-state index contributed by atoms with van der Waals surface area (Å²) in [6, 6.07) is 14.6. The second-order valence-electron chi connectivity index (χ2n) is 6.41. The molecule has 0 bridgehead atoms. The van der Waals surface area contributed by atoms with Gasteiger partial charge in [0.2, 0.25) is 0 Å². The van der Waals surface area contributed by atoms with Crippen molar-refractivity contribution < 1.29 is 4.74 Å². The molecule has 4 aromatic rings. The van der Waals surface area contributed by atoms with Gasteiger partial charge in [-0.05, 0) is 42.6 Å². The van der Waals surface area contributed by atoms with Crippen LogP contribution in [0.5, 0.6) is 5.75 Å². The molecule has 4 rings (SSSR count). The third kappa shape index (κ3) is 4.35. The number of aromatic nitrogens is 2. The van der Waals surface area contributed by atoms with Gasteiger partial charge in [-0.1, -0.05) is 12.1 Å². The van der Waals surface area contributed by atoms with E-state index < -0.39 is 0 Å². The van der Waals surface area contributed by atoms with Crippen LogP contribution in [0, 0.1) is 6.92 Å². The zero-order chi connectivity index (χ0) is 18.6. The number of fused-ring (bicyclic) bond motifs is 1. The first-order chi connectivity index (χ1) is 13.2. The fourth-order valence-corrected chi connectivity index (χ4v) is 4.63. The van der Waals surface area contributed by atoms with Crippen molar-refractivity contribution in [3.63, 3.8) is 0 Å². The number of thiazole rings is 1. The molecule has 1 atom stereocenters. The van der Waals surface area contributed by atoms with Crippen LogP contribution in [0.4, 0.5) is 0 Å². The van der Waals surface area contributed by atoms with Gasteiger partial charge >= 0.3 is 0 Å². The third-order valence-corrected chi connectivity index (χ3v) is 6.38. The zero-order valence-electron chi connectivity index (χ0n) is 15.3. The molecule has 0 amide bonds. The molecule has 0 spiro atoms. The monoisotopic (exact) mass is 395 g/mol. The lowest BCUT2D eigenvalue weighted by Crippen LogP contribution is -2.23. The van der Waals surface area contributed by atoms with Gasteiger partial charge in [0.15, 0.2) is 0 Å². The quantitative estimate of drug-likeness (QED) is 0.470. The fourth-order valence-electron chi connectivity index (χ4n) is 3.01. The molecule has 1 aromatic carbocycles. The normalized spacial score (nSPS) is 12.4. The molecular formula is C21H21N3OS2. The summed E-state index contributed by atoms with van der Waals surface area (Å²) in [6.45, 7) is 2.75. The number of benzene rings is 1. The molecule has 1 N–H and O–H groups in total. The Labute approximate surface area is 166 Å². The first-order valence-electron chi connectivity index (χ1n) is 8.83. The van der Waals surface area contributed by atoms with Gasteiger partial charge in [-0.25, -0.2) is 4.98 Å². The van der Waals surface area contributed by atoms with E-state index in [1.807, 2.05) is 25.1 Å². The maximum atomic E-state index is 5.29. The summed E-state index contributed by atoms with van der Waals surface area (Å²) in [4.78, 5) is 10.8. The number of thiophene rings is 1. The smallest absolute Gasteiger partial charge is 0.119 e. The number of hydrogen-bond donors (Lipinski definition) is 1. The highest BCUT2D eigenvalue weighted by Crippen LogP contribution is 2.25. The summed E-state index contributed by atoms with van der Waals surface area (Å²) in [7, 11) is 1.68. The van der Waals surface area contributed by atoms with Crippen LogP contribution in [0.25, 0.3) is 10.9 Å². The Morgan fingerprint density at radius 2 is 2.04 bits per heavy atom. The summed E-state index contributed by atoms with van der Waals surface area (Å²) in [6.07, 6.45) is 0.940. The van der Waals surface area contributed by atoms with Crippen LogP contribution in [-0.4, -0.2) is 17.1 Å². The van der Waals surface area contributed by atoms with Crippen LogP contribution in [0.15, 0.2) is 53.2 Å². The standard InChI is InChI=1S/C21H21N3OS2/c1-14-13-27-21(23-14)20(11-18-4-3-9-26-18)22-12-16-6-5-15-10-17(25-2)7-8-19(15)24-16/h3-10,13,20,22H,11-12H2,1-2H3/t20-/m1/s1. The molecule has 0 saturated heterocycles. The Morgan fingerprint density at radius 3 is 2.78 bits per heavy atom. The predicted octanol–water partition coefficient (Wildman–Crippen LogP) is 5.14. The Morgan fingerprint density at radius 1 is 1.11 bits per heavy atom. The predicted molar refractivity (Wildman–Crippen MR) is 113 cm³/mol. The van der Waals surface area contributed by atoms with Crippen LogP contribution in [0.3, 0.4) is 0 Å². The van der Waals surface area contributed by atoms with Gasteiger partial charge < -0.3 is 10.1 Å². The first-order valence-corrected chi connectivity index (χ1v) is 10.6. The number of ether oxygens (including phenoxy) is 1. The van der Waals surface area contributed by atoms with Crippen LogP contribution in [-0.2, 0) is 13.0 Å². The first kappa shape index (κ1) is 18.1. The summed E-state index contributed by atoms with van der Waals surface area (Å²) in [5.74, 6) is 0.852. The minimum Gasteiger partial charge on any atom is -0.497 e. The van der Waals surface area contributed by atoms with E-state index in [0.29, 0.717) is 6.54 Å². The van der Waals surface area contributed by atoms with Gasteiger partial charge in [0, 0.05) is 34.3 Å². The summed E-state index contributed by atoms with van der Waals surface area (Å²) in [5.41, 5.74) is 3.08. The maximum Gasteiger partial charge on any atom is 0.119 e. The van der Waals surface area contributed by atoms with E-state index >= 15 is 0 Å². The number of aryl methyl sites for hydroxylation is 1. The van der Waals surface area contributed by atoms with Crippen LogP contribution < -0.4 is 10.1 Å². The number of pyridine rings is 1. The number of methoxy groups -OCH3 is 1.